The molecule has 0 aliphatic rings. The fraction of sp³-hybridized carbons (Fsp3) is 0. The number of rotatable bonds is 4. The molecule has 0 fully saturated rings. The van der Waals surface area contributed by atoms with Crippen LogP contribution in [0.5, 0.6) is 0 Å². The van der Waals surface area contributed by atoms with E-state index in [1.165, 1.54) is 28.0 Å². The molecule has 0 spiro atoms. The molecule has 4 rings (SSSR count). The molecule has 4 aromatic rings. The third-order valence-corrected chi connectivity index (χ3v) is 5.34. The molecule has 0 amide bonds. The molecule has 0 aliphatic heterocycles. The van der Waals surface area contributed by atoms with E-state index in [-0.39, 0.29) is 11.1 Å². The smallest absolute Gasteiger partial charge is 0.335 e. The van der Waals surface area contributed by atoms with Crippen molar-refractivity contribution in [1.29, 1.82) is 0 Å². The van der Waals surface area contributed by atoms with Crippen molar-refractivity contribution < 1.29 is 9.90 Å². The molecule has 2 aromatic heterocycles. The lowest BCUT2D eigenvalue weighted by Crippen LogP contribution is -2.22. The number of aromatic nitrogens is 2. The predicted octanol–water partition coefficient (Wildman–Crippen LogP) is 4.97. The molecule has 138 valence electrons. The molecule has 5 nitrogen and oxygen atoms in total. The van der Waals surface area contributed by atoms with E-state index in [4.69, 9.17) is 11.6 Å². The first-order valence-corrected chi connectivity index (χ1v) is 9.51. The SMILES string of the molecule is O=C(O)c1cccc(-n2c(/C=C/c3ccc(Cl)s3)nc3ccccc3c2=O)c1. The van der Waals surface area contributed by atoms with Crippen molar-refractivity contribution in [3.63, 3.8) is 0 Å². The predicted molar refractivity (Wildman–Crippen MR) is 113 cm³/mol. The topological polar surface area (TPSA) is 72.2 Å². The highest BCUT2D eigenvalue weighted by Gasteiger charge is 2.13. The molecular formula is C21H13ClN2O3S. The van der Waals surface area contributed by atoms with Crippen LogP contribution in [0.3, 0.4) is 0 Å². The summed E-state index contributed by atoms with van der Waals surface area (Å²) < 4.78 is 2.08. The fourth-order valence-electron chi connectivity index (χ4n) is 2.86. The highest BCUT2D eigenvalue weighted by atomic mass is 35.5. The molecule has 0 saturated carbocycles. The van der Waals surface area contributed by atoms with E-state index >= 15 is 0 Å². The van der Waals surface area contributed by atoms with Crippen molar-refractivity contribution in [3.05, 3.63) is 91.6 Å². The Morgan fingerprint density at radius 3 is 2.64 bits per heavy atom. The Bertz CT molecular complexity index is 1290. The molecule has 0 bridgehead atoms. The minimum absolute atomic E-state index is 0.0949. The summed E-state index contributed by atoms with van der Waals surface area (Å²) in [5.74, 6) is -0.662. The molecular weight excluding hydrogens is 396 g/mol. The quantitative estimate of drug-likeness (QED) is 0.517. The second-order valence-electron chi connectivity index (χ2n) is 5.96. The molecule has 28 heavy (non-hydrogen) atoms. The van der Waals surface area contributed by atoms with Gasteiger partial charge < -0.3 is 5.11 Å². The maximum atomic E-state index is 13.2. The number of para-hydroxylation sites is 1. The Kier molecular flexibility index (Phi) is 4.81. The van der Waals surface area contributed by atoms with Crippen LogP contribution in [0.15, 0.2) is 65.5 Å². The number of hydrogen-bond donors (Lipinski definition) is 1. The zero-order chi connectivity index (χ0) is 19.7. The standard InChI is InChI=1S/C21H13ClN2O3S/c22-18-10-8-15(28-18)9-11-19-23-17-7-2-1-6-16(17)20(25)24(19)14-5-3-4-13(12-14)21(26)27/h1-12H,(H,26,27)/b11-9+. The molecule has 0 unspecified atom stereocenters. The third kappa shape index (κ3) is 3.47. The summed E-state index contributed by atoms with van der Waals surface area (Å²) in [5.41, 5.74) is 0.837. The van der Waals surface area contributed by atoms with Crippen LogP contribution >= 0.6 is 22.9 Å². The number of carboxylic acid groups (broad SMARTS) is 1. The van der Waals surface area contributed by atoms with E-state index in [1.807, 2.05) is 18.2 Å². The van der Waals surface area contributed by atoms with Gasteiger partial charge in [-0.15, -0.1) is 11.3 Å². The van der Waals surface area contributed by atoms with Gasteiger partial charge in [-0.25, -0.2) is 9.78 Å². The van der Waals surface area contributed by atoms with Crippen molar-refractivity contribution in [1.82, 2.24) is 9.55 Å². The Morgan fingerprint density at radius 2 is 1.89 bits per heavy atom. The van der Waals surface area contributed by atoms with Crippen LogP contribution in [0, 0.1) is 0 Å². The summed E-state index contributed by atoms with van der Waals surface area (Å²) in [4.78, 5) is 30.0. The van der Waals surface area contributed by atoms with Gasteiger partial charge in [-0.3, -0.25) is 9.36 Å². The van der Waals surface area contributed by atoms with Gasteiger partial charge in [0.2, 0.25) is 0 Å². The number of hydrogen-bond acceptors (Lipinski definition) is 4. The molecule has 0 radical (unpaired) electrons. The van der Waals surface area contributed by atoms with Gasteiger partial charge in [-0.1, -0.05) is 29.8 Å². The van der Waals surface area contributed by atoms with Crippen molar-refractivity contribution in [2.45, 2.75) is 0 Å². The van der Waals surface area contributed by atoms with Gasteiger partial charge in [0.15, 0.2) is 0 Å². The number of fused-ring (bicyclic) bond motifs is 1. The number of carbonyl (C=O) groups is 1. The van der Waals surface area contributed by atoms with Gasteiger partial charge in [-0.05, 0) is 54.6 Å². The van der Waals surface area contributed by atoms with E-state index in [0.29, 0.717) is 26.8 Å². The molecule has 0 saturated heterocycles. The summed E-state index contributed by atoms with van der Waals surface area (Å²) in [5, 5.41) is 9.75. The van der Waals surface area contributed by atoms with Crippen molar-refractivity contribution in [3.8, 4) is 5.69 Å². The number of carboxylic acids is 1. The Balaban J connectivity index is 1.96. The molecule has 2 heterocycles. The summed E-state index contributed by atoms with van der Waals surface area (Å²) in [7, 11) is 0. The van der Waals surface area contributed by atoms with Gasteiger partial charge in [0, 0.05) is 4.88 Å². The number of nitrogens with zero attached hydrogens (tertiary/aromatic N) is 2. The van der Waals surface area contributed by atoms with Crippen LogP contribution in [-0.2, 0) is 0 Å². The van der Waals surface area contributed by atoms with Crippen molar-refractivity contribution >= 4 is 52.0 Å². The third-order valence-electron chi connectivity index (χ3n) is 4.14. The minimum Gasteiger partial charge on any atom is -0.478 e. The number of thiophene rings is 1. The van der Waals surface area contributed by atoms with Gasteiger partial charge >= 0.3 is 5.97 Å². The van der Waals surface area contributed by atoms with E-state index in [0.717, 1.165) is 4.88 Å². The number of benzene rings is 2. The molecule has 0 atom stereocenters. The zero-order valence-electron chi connectivity index (χ0n) is 14.4. The Morgan fingerprint density at radius 1 is 1.07 bits per heavy atom. The van der Waals surface area contributed by atoms with E-state index in [9.17, 15) is 14.7 Å². The summed E-state index contributed by atoms with van der Waals surface area (Å²) in [6, 6.07) is 17.0. The van der Waals surface area contributed by atoms with E-state index in [2.05, 4.69) is 4.98 Å². The van der Waals surface area contributed by atoms with Gasteiger partial charge in [0.1, 0.15) is 5.82 Å². The highest BCUT2D eigenvalue weighted by molar-refractivity contribution is 7.17. The van der Waals surface area contributed by atoms with Crippen LogP contribution in [0.1, 0.15) is 21.1 Å². The van der Waals surface area contributed by atoms with Crippen molar-refractivity contribution in [2.75, 3.05) is 0 Å². The summed E-state index contributed by atoms with van der Waals surface area (Å²) in [6.45, 7) is 0. The van der Waals surface area contributed by atoms with Crippen LogP contribution in [0.25, 0.3) is 28.7 Å². The summed E-state index contributed by atoms with van der Waals surface area (Å²) in [6.07, 6.45) is 3.55. The Hall–Kier alpha value is -3.22. The maximum absolute atomic E-state index is 13.2. The number of aromatic carboxylic acids is 1. The van der Waals surface area contributed by atoms with Crippen molar-refractivity contribution in [2.24, 2.45) is 0 Å². The lowest BCUT2D eigenvalue weighted by molar-refractivity contribution is 0.0697. The average Bonchev–Trinajstić information content (AvgIpc) is 3.12. The molecule has 1 N–H and O–H groups in total. The first-order chi connectivity index (χ1) is 13.5. The van der Waals surface area contributed by atoms with Crippen LogP contribution in [-0.4, -0.2) is 20.6 Å². The monoisotopic (exact) mass is 408 g/mol. The number of halogens is 1. The van der Waals surface area contributed by atoms with Crippen LogP contribution in [0.2, 0.25) is 4.34 Å². The maximum Gasteiger partial charge on any atom is 0.335 e. The van der Waals surface area contributed by atoms with Gasteiger partial charge in [0.25, 0.3) is 5.56 Å². The largest absolute Gasteiger partial charge is 0.478 e. The van der Waals surface area contributed by atoms with E-state index < -0.39 is 5.97 Å². The lowest BCUT2D eigenvalue weighted by Gasteiger charge is -2.12. The first-order valence-electron chi connectivity index (χ1n) is 8.32. The second kappa shape index (κ2) is 7.42. The summed E-state index contributed by atoms with van der Waals surface area (Å²) >= 11 is 7.39. The minimum atomic E-state index is -1.06. The normalized spacial score (nSPS) is 11.3. The Labute approximate surface area is 168 Å². The molecule has 0 aliphatic carbocycles. The zero-order valence-corrected chi connectivity index (χ0v) is 15.9. The van der Waals surface area contributed by atoms with Crippen LogP contribution in [0.4, 0.5) is 0 Å². The van der Waals surface area contributed by atoms with Crippen LogP contribution < -0.4 is 5.56 Å². The first kappa shape index (κ1) is 18.2. The highest BCUT2D eigenvalue weighted by Crippen LogP contribution is 2.23. The van der Waals surface area contributed by atoms with E-state index in [1.54, 1.807) is 42.5 Å². The average molecular weight is 409 g/mol. The van der Waals surface area contributed by atoms with Gasteiger partial charge in [-0.2, -0.15) is 0 Å². The lowest BCUT2D eigenvalue weighted by atomic mass is 10.2. The second-order valence-corrected chi connectivity index (χ2v) is 7.71. The van der Waals surface area contributed by atoms with Gasteiger partial charge in [0.05, 0.1) is 26.5 Å². The molecule has 7 heteroatoms. The fourth-order valence-corrected chi connectivity index (χ4v) is 3.83. The molecule has 2 aromatic carbocycles.